The molecule has 0 aliphatic carbocycles. The molecule has 3 heterocycles. The van der Waals surface area contributed by atoms with E-state index in [-0.39, 0.29) is 17.1 Å². The zero-order chi connectivity index (χ0) is 15.9. The van der Waals surface area contributed by atoms with E-state index in [4.69, 9.17) is 0 Å². The molecule has 22 heavy (non-hydrogen) atoms. The van der Waals surface area contributed by atoms with Crippen LogP contribution in [0.3, 0.4) is 0 Å². The summed E-state index contributed by atoms with van der Waals surface area (Å²) in [7, 11) is 3.00. The maximum absolute atomic E-state index is 12.1. The Bertz CT molecular complexity index is 844. The lowest BCUT2D eigenvalue weighted by Crippen LogP contribution is -2.36. The van der Waals surface area contributed by atoms with Gasteiger partial charge in [-0.2, -0.15) is 4.98 Å². The Labute approximate surface area is 126 Å². The summed E-state index contributed by atoms with van der Waals surface area (Å²) in [6.45, 7) is 2.97. The molecule has 1 aliphatic rings. The van der Waals surface area contributed by atoms with E-state index in [0.29, 0.717) is 6.04 Å². The van der Waals surface area contributed by atoms with E-state index in [1.54, 1.807) is 7.05 Å². The normalized spacial score (nSPS) is 19.4. The number of nitrogens with one attached hydrogen (secondary N) is 1. The average molecular weight is 305 g/mol. The first kappa shape index (κ1) is 14.5. The van der Waals surface area contributed by atoms with Gasteiger partial charge in [-0.05, 0) is 26.2 Å². The summed E-state index contributed by atoms with van der Waals surface area (Å²) in [6, 6.07) is 0.346. The summed E-state index contributed by atoms with van der Waals surface area (Å²) < 4.78 is 2.35. The van der Waals surface area contributed by atoms with Crippen molar-refractivity contribution in [3.8, 4) is 0 Å². The van der Waals surface area contributed by atoms with Crippen LogP contribution in [-0.2, 0) is 14.1 Å². The minimum absolute atomic E-state index is 0.228. The van der Waals surface area contributed by atoms with Gasteiger partial charge < -0.3 is 4.98 Å². The third kappa shape index (κ3) is 2.32. The van der Waals surface area contributed by atoms with Crippen LogP contribution in [0.25, 0.3) is 11.2 Å². The van der Waals surface area contributed by atoms with E-state index >= 15 is 0 Å². The lowest BCUT2D eigenvalue weighted by Gasteiger charge is -2.29. The van der Waals surface area contributed by atoms with E-state index in [9.17, 15) is 9.59 Å². The number of aromatic nitrogens is 4. The molecule has 1 N–H and O–H groups in total. The number of fused-ring (bicyclic) bond motifs is 1. The van der Waals surface area contributed by atoms with E-state index in [0.717, 1.165) is 24.0 Å². The minimum Gasteiger partial charge on any atom is -0.315 e. The monoisotopic (exact) mass is 305 g/mol. The number of H-pyrrole nitrogens is 1. The minimum atomic E-state index is -0.419. The summed E-state index contributed by atoms with van der Waals surface area (Å²) in [5, 5.41) is 10.2. The largest absolute Gasteiger partial charge is 0.332 e. The predicted octanol–water partition coefficient (Wildman–Crippen LogP) is 0.833. The van der Waals surface area contributed by atoms with Crippen LogP contribution in [0.4, 0.5) is 5.95 Å². The fraction of sp³-hybridized carbons (Fsp3) is 0.615. The van der Waals surface area contributed by atoms with Crippen LogP contribution in [0, 0.1) is 0 Å². The van der Waals surface area contributed by atoms with Gasteiger partial charge in [0.1, 0.15) is 0 Å². The van der Waals surface area contributed by atoms with Crippen LogP contribution in [0.5, 0.6) is 0 Å². The second-order valence-electron chi connectivity index (χ2n) is 5.66. The van der Waals surface area contributed by atoms with Crippen molar-refractivity contribution in [2.45, 2.75) is 32.2 Å². The molecular weight excluding hydrogens is 286 g/mol. The number of aromatic amines is 1. The highest BCUT2D eigenvalue weighted by Crippen LogP contribution is 2.18. The van der Waals surface area contributed by atoms with Gasteiger partial charge in [0.15, 0.2) is 11.2 Å². The van der Waals surface area contributed by atoms with Gasteiger partial charge in [0.25, 0.3) is 11.5 Å². The first-order valence-electron chi connectivity index (χ1n) is 7.33. The summed E-state index contributed by atoms with van der Waals surface area (Å²) in [5.74, 6) is 0.228. The predicted molar refractivity (Wildman–Crippen MR) is 81.1 cm³/mol. The molecule has 3 rings (SSSR count). The van der Waals surface area contributed by atoms with Crippen LogP contribution in [0.15, 0.2) is 19.9 Å². The fourth-order valence-corrected chi connectivity index (χ4v) is 2.68. The Hall–Kier alpha value is -2.45. The van der Waals surface area contributed by atoms with Crippen molar-refractivity contribution in [3.63, 3.8) is 0 Å². The zero-order valence-corrected chi connectivity index (χ0v) is 12.9. The van der Waals surface area contributed by atoms with Gasteiger partial charge >= 0.3 is 5.69 Å². The van der Waals surface area contributed by atoms with Crippen LogP contribution in [0.1, 0.15) is 26.2 Å². The average Bonchev–Trinajstić information content (AvgIpc) is 2.94. The molecule has 0 unspecified atom stereocenters. The third-order valence-electron chi connectivity index (χ3n) is 4.10. The maximum atomic E-state index is 12.1. The molecule has 1 saturated heterocycles. The van der Waals surface area contributed by atoms with Gasteiger partial charge in [-0.25, -0.2) is 4.79 Å². The second-order valence-corrected chi connectivity index (χ2v) is 5.66. The molecule has 0 spiro atoms. The summed E-state index contributed by atoms with van der Waals surface area (Å²) in [4.78, 5) is 31.0. The Kier molecular flexibility index (Phi) is 3.55. The molecule has 0 amide bonds. The van der Waals surface area contributed by atoms with Crippen LogP contribution >= 0.6 is 0 Å². The second kappa shape index (κ2) is 5.39. The molecule has 1 atom stereocenters. The number of hydrogen-bond donors (Lipinski definition) is 1. The van der Waals surface area contributed by atoms with Gasteiger partial charge in [0.2, 0.25) is 0 Å². The fourth-order valence-electron chi connectivity index (χ4n) is 2.68. The topological polar surface area (TPSA) is 101 Å². The van der Waals surface area contributed by atoms with E-state index in [1.807, 2.05) is 5.01 Å². The van der Waals surface area contributed by atoms with Gasteiger partial charge in [0.05, 0.1) is 0 Å². The molecule has 0 saturated carbocycles. The van der Waals surface area contributed by atoms with Crippen LogP contribution in [-0.4, -0.2) is 36.7 Å². The Balaban J connectivity index is 1.99. The number of aryl methyl sites for hydroxylation is 1. The Morgan fingerprint density at radius 3 is 2.73 bits per heavy atom. The van der Waals surface area contributed by atoms with Crippen molar-refractivity contribution in [1.82, 2.24) is 24.1 Å². The standard InChI is InChI=1S/C13H19N7O2/c1-8-6-4-5-7-20(8)17-16-12-14-9-10(15-12)18(2)13(22)19(3)11(9)21/h8H,4-7H2,1-3H3,(H,14,15)/t8-/m1/s1. The molecule has 0 radical (unpaired) electrons. The summed E-state index contributed by atoms with van der Waals surface area (Å²) in [6.07, 6.45) is 3.39. The Morgan fingerprint density at radius 2 is 2.00 bits per heavy atom. The highest BCUT2D eigenvalue weighted by Gasteiger charge is 2.17. The van der Waals surface area contributed by atoms with Crippen LogP contribution < -0.4 is 11.2 Å². The highest BCUT2D eigenvalue weighted by atomic mass is 16.2. The summed E-state index contributed by atoms with van der Waals surface area (Å²) >= 11 is 0. The number of piperidine rings is 1. The first-order chi connectivity index (χ1) is 10.5. The SMILES string of the molecule is C[C@@H]1CCCCN1N=Nc1nc2c([nH]1)c(=O)n(C)c(=O)n2C. The maximum Gasteiger partial charge on any atom is 0.332 e. The van der Waals surface area contributed by atoms with Crippen molar-refractivity contribution >= 4 is 17.1 Å². The zero-order valence-electron chi connectivity index (χ0n) is 12.9. The van der Waals surface area contributed by atoms with Crippen molar-refractivity contribution in [2.24, 2.45) is 24.4 Å². The molecule has 1 aliphatic heterocycles. The molecule has 9 heteroatoms. The van der Waals surface area contributed by atoms with Gasteiger partial charge in [-0.15, -0.1) is 0 Å². The first-order valence-corrected chi connectivity index (χ1v) is 7.33. The third-order valence-corrected chi connectivity index (χ3v) is 4.10. The number of hydrogen-bond acceptors (Lipinski definition) is 5. The van der Waals surface area contributed by atoms with Gasteiger partial charge in [-0.1, -0.05) is 10.3 Å². The smallest absolute Gasteiger partial charge is 0.315 e. The molecule has 9 nitrogen and oxygen atoms in total. The lowest BCUT2D eigenvalue weighted by molar-refractivity contribution is 0.155. The van der Waals surface area contributed by atoms with Crippen molar-refractivity contribution in [2.75, 3.05) is 6.54 Å². The van der Waals surface area contributed by atoms with Gasteiger partial charge in [-0.3, -0.25) is 18.9 Å². The lowest BCUT2D eigenvalue weighted by atomic mass is 10.1. The van der Waals surface area contributed by atoms with Crippen molar-refractivity contribution in [3.05, 3.63) is 20.8 Å². The quantitative estimate of drug-likeness (QED) is 0.830. The van der Waals surface area contributed by atoms with E-state index < -0.39 is 11.2 Å². The summed E-state index contributed by atoms with van der Waals surface area (Å²) in [5.41, 5.74) is -0.297. The van der Waals surface area contributed by atoms with Crippen molar-refractivity contribution in [1.29, 1.82) is 0 Å². The Morgan fingerprint density at radius 1 is 1.23 bits per heavy atom. The molecular formula is C13H19N7O2. The molecule has 2 aromatic heterocycles. The van der Waals surface area contributed by atoms with Crippen molar-refractivity contribution < 1.29 is 0 Å². The highest BCUT2D eigenvalue weighted by molar-refractivity contribution is 5.71. The molecule has 0 aromatic carbocycles. The van der Waals surface area contributed by atoms with Gasteiger partial charge in [0, 0.05) is 26.7 Å². The number of rotatable bonds is 2. The molecule has 118 valence electrons. The van der Waals surface area contributed by atoms with E-state index in [2.05, 4.69) is 27.2 Å². The van der Waals surface area contributed by atoms with E-state index in [1.165, 1.54) is 18.0 Å². The number of nitrogens with zero attached hydrogens (tertiary/aromatic N) is 6. The molecule has 1 fully saturated rings. The molecule has 0 bridgehead atoms. The van der Waals surface area contributed by atoms with Crippen LogP contribution in [0.2, 0.25) is 0 Å². The molecule has 2 aromatic rings. The number of imidazole rings is 1.